The fraction of sp³-hybridized carbons (Fsp3) is 0.688. The van der Waals surface area contributed by atoms with E-state index in [-0.39, 0.29) is 5.91 Å². The number of nitrogens with zero attached hydrogens (tertiary/aromatic N) is 1. The lowest BCUT2D eigenvalue weighted by Crippen LogP contribution is -2.28. The highest BCUT2D eigenvalue weighted by Gasteiger charge is 2.22. The van der Waals surface area contributed by atoms with Gasteiger partial charge in [0.2, 0.25) is 5.91 Å². The summed E-state index contributed by atoms with van der Waals surface area (Å²) in [5.74, 6) is 0.886. The topological polar surface area (TPSA) is 46.1 Å². The summed E-state index contributed by atoms with van der Waals surface area (Å²) in [6, 6.07) is 0.447. The molecule has 0 aromatic carbocycles. The van der Waals surface area contributed by atoms with Gasteiger partial charge in [-0.3, -0.25) is 4.79 Å². The van der Waals surface area contributed by atoms with E-state index in [2.05, 4.69) is 27.6 Å². The Balaban J connectivity index is 1.63. The van der Waals surface area contributed by atoms with E-state index in [1.165, 1.54) is 43.2 Å². The standard InChI is InChI=1S/C16H25N3O/c1-17-15-5-3-2-4-13-9-19(10-14(13)15)11-16(20)18-8-12-6-7-12/h9-10,12,15,17H,2-8,11H2,1H3,(H,18,20). The molecule has 2 aliphatic rings. The van der Waals surface area contributed by atoms with Crippen molar-refractivity contribution in [1.82, 2.24) is 15.2 Å². The molecule has 0 aliphatic heterocycles. The first kappa shape index (κ1) is 13.7. The maximum absolute atomic E-state index is 11.9. The molecule has 3 rings (SSSR count). The van der Waals surface area contributed by atoms with Crippen molar-refractivity contribution in [1.29, 1.82) is 0 Å². The fourth-order valence-electron chi connectivity index (χ4n) is 3.11. The van der Waals surface area contributed by atoms with Crippen molar-refractivity contribution in [2.24, 2.45) is 5.92 Å². The first-order valence-corrected chi connectivity index (χ1v) is 7.89. The van der Waals surface area contributed by atoms with Crippen LogP contribution in [0.1, 0.15) is 49.3 Å². The lowest BCUT2D eigenvalue weighted by atomic mass is 10.1. The number of rotatable bonds is 5. The van der Waals surface area contributed by atoms with E-state index in [1.807, 2.05) is 7.05 Å². The molecule has 110 valence electrons. The van der Waals surface area contributed by atoms with Gasteiger partial charge in [-0.05, 0) is 56.2 Å². The van der Waals surface area contributed by atoms with E-state index in [0.717, 1.165) is 18.9 Å². The predicted octanol–water partition coefficient (Wildman–Crippen LogP) is 2.00. The average Bonchev–Trinajstić information content (AvgIpc) is 3.22. The Bertz CT molecular complexity index is 476. The summed E-state index contributed by atoms with van der Waals surface area (Å²) in [5, 5.41) is 6.44. The second-order valence-corrected chi connectivity index (χ2v) is 6.25. The molecule has 2 N–H and O–H groups in total. The van der Waals surface area contributed by atoms with Gasteiger partial charge in [0.1, 0.15) is 6.54 Å². The van der Waals surface area contributed by atoms with E-state index >= 15 is 0 Å². The lowest BCUT2D eigenvalue weighted by Gasteiger charge is -2.13. The SMILES string of the molecule is CNC1CCCCc2cn(CC(=O)NCC3CC3)cc21. The van der Waals surface area contributed by atoms with Crippen LogP contribution in [0.25, 0.3) is 0 Å². The molecule has 1 saturated carbocycles. The molecule has 0 radical (unpaired) electrons. The van der Waals surface area contributed by atoms with Gasteiger partial charge < -0.3 is 15.2 Å². The van der Waals surface area contributed by atoms with Gasteiger partial charge >= 0.3 is 0 Å². The molecule has 1 atom stereocenters. The molecule has 20 heavy (non-hydrogen) atoms. The van der Waals surface area contributed by atoms with Crippen molar-refractivity contribution in [2.45, 2.75) is 51.1 Å². The number of aryl methyl sites for hydroxylation is 1. The zero-order valence-corrected chi connectivity index (χ0v) is 12.3. The van der Waals surface area contributed by atoms with Gasteiger partial charge in [-0.25, -0.2) is 0 Å². The van der Waals surface area contributed by atoms with E-state index in [1.54, 1.807) is 0 Å². The summed E-state index contributed by atoms with van der Waals surface area (Å²) < 4.78 is 2.06. The molecular weight excluding hydrogens is 250 g/mol. The highest BCUT2D eigenvalue weighted by molar-refractivity contribution is 5.75. The molecule has 4 nitrogen and oxygen atoms in total. The van der Waals surface area contributed by atoms with Gasteiger partial charge in [0.15, 0.2) is 0 Å². The van der Waals surface area contributed by atoms with Crippen LogP contribution in [0.2, 0.25) is 0 Å². The lowest BCUT2D eigenvalue weighted by molar-refractivity contribution is -0.121. The Hall–Kier alpha value is -1.29. The zero-order valence-electron chi connectivity index (χ0n) is 12.3. The molecular formula is C16H25N3O. The smallest absolute Gasteiger partial charge is 0.239 e. The number of hydrogen-bond acceptors (Lipinski definition) is 2. The minimum absolute atomic E-state index is 0.142. The number of hydrogen-bond donors (Lipinski definition) is 2. The number of aromatic nitrogens is 1. The van der Waals surface area contributed by atoms with Crippen LogP contribution in [0.3, 0.4) is 0 Å². The number of carbonyl (C=O) groups is 1. The molecule has 0 bridgehead atoms. The minimum Gasteiger partial charge on any atom is -0.354 e. The van der Waals surface area contributed by atoms with E-state index in [0.29, 0.717) is 12.6 Å². The zero-order chi connectivity index (χ0) is 13.9. The molecule has 0 saturated heterocycles. The number of amides is 1. The van der Waals surface area contributed by atoms with Crippen LogP contribution >= 0.6 is 0 Å². The third-order valence-corrected chi connectivity index (χ3v) is 4.52. The molecule has 1 amide bonds. The largest absolute Gasteiger partial charge is 0.354 e. The quantitative estimate of drug-likeness (QED) is 0.807. The fourth-order valence-corrected chi connectivity index (χ4v) is 3.11. The van der Waals surface area contributed by atoms with Crippen LogP contribution < -0.4 is 10.6 Å². The third kappa shape index (κ3) is 3.23. The molecule has 2 aliphatic carbocycles. The maximum Gasteiger partial charge on any atom is 0.239 e. The molecule has 1 fully saturated rings. The van der Waals surface area contributed by atoms with Gasteiger partial charge in [0.05, 0.1) is 0 Å². The second-order valence-electron chi connectivity index (χ2n) is 6.25. The minimum atomic E-state index is 0.142. The van der Waals surface area contributed by atoms with Crippen LogP contribution in [0, 0.1) is 5.92 Å². The van der Waals surface area contributed by atoms with Crippen molar-refractivity contribution in [3.05, 3.63) is 23.5 Å². The van der Waals surface area contributed by atoms with E-state index in [9.17, 15) is 4.79 Å². The highest BCUT2D eigenvalue weighted by Crippen LogP contribution is 2.29. The van der Waals surface area contributed by atoms with Crippen LogP contribution in [0.15, 0.2) is 12.4 Å². The van der Waals surface area contributed by atoms with Gasteiger partial charge in [-0.15, -0.1) is 0 Å². The van der Waals surface area contributed by atoms with Crippen LogP contribution in [-0.4, -0.2) is 24.1 Å². The Kier molecular flexibility index (Phi) is 4.10. The Morgan fingerprint density at radius 2 is 2.15 bits per heavy atom. The first-order valence-electron chi connectivity index (χ1n) is 7.89. The first-order chi connectivity index (χ1) is 9.76. The third-order valence-electron chi connectivity index (χ3n) is 4.52. The van der Waals surface area contributed by atoms with E-state index < -0.39 is 0 Å². The number of fused-ring (bicyclic) bond motifs is 1. The predicted molar refractivity (Wildman–Crippen MR) is 79.5 cm³/mol. The summed E-state index contributed by atoms with van der Waals surface area (Å²) in [5.41, 5.74) is 2.80. The van der Waals surface area contributed by atoms with Gasteiger partial charge in [0, 0.05) is 25.0 Å². The Morgan fingerprint density at radius 1 is 1.30 bits per heavy atom. The second kappa shape index (κ2) is 6.00. The molecule has 0 spiro atoms. The number of carbonyl (C=O) groups excluding carboxylic acids is 1. The normalized spacial score (nSPS) is 22.1. The Morgan fingerprint density at radius 3 is 2.90 bits per heavy atom. The Labute approximate surface area is 120 Å². The van der Waals surface area contributed by atoms with Crippen LogP contribution in [0.5, 0.6) is 0 Å². The van der Waals surface area contributed by atoms with Crippen LogP contribution in [-0.2, 0) is 17.8 Å². The summed E-state index contributed by atoms with van der Waals surface area (Å²) in [6.07, 6.45) is 11.8. The van der Waals surface area contributed by atoms with Crippen molar-refractivity contribution in [3.8, 4) is 0 Å². The van der Waals surface area contributed by atoms with Crippen molar-refractivity contribution < 1.29 is 4.79 Å². The summed E-state index contributed by atoms with van der Waals surface area (Å²) in [7, 11) is 2.03. The summed E-state index contributed by atoms with van der Waals surface area (Å²) >= 11 is 0. The summed E-state index contributed by atoms with van der Waals surface area (Å²) in [4.78, 5) is 11.9. The highest BCUT2D eigenvalue weighted by atomic mass is 16.1. The molecule has 1 aromatic heterocycles. The van der Waals surface area contributed by atoms with Crippen molar-refractivity contribution >= 4 is 5.91 Å². The maximum atomic E-state index is 11.9. The van der Waals surface area contributed by atoms with Crippen molar-refractivity contribution in [3.63, 3.8) is 0 Å². The molecule has 1 aromatic rings. The van der Waals surface area contributed by atoms with Crippen LogP contribution in [0.4, 0.5) is 0 Å². The molecule has 4 heteroatoms. The van der Waals surface area contributed by atoms with Gasteiger partial charge in [0.25, 0.3) is 0 Å². The average molecular weight is 275 g/mol. The summed E-state index contributed by atoms with van der Waals surface area (Å²) in [6.45, 7) is 1.31. The van der Waals surface area contributed by atoms with Gasteiger partial charge in [-0.1, -0.05) is 6.42 Å². The van der Waals surface area contributed by atoms with E-state index in [4.69, 9.17) is 0 Å². The number of nitrogens with one attached hydrogen (secondary N) is 2. The molecule has 1 unspecified atom stereocenters. The monoisotopic (exact) mass is 275 g/mol. The molecule has 1 heterocycles. The van der Waals surface area contributed by atoms with Crippen molar-refractivity contribution in [2.75, 3.05) is 13.6 Å². The van der Waals surface area contributed by atoms with Gasteiger partial charge in [-0.2, -0.15) is 0 Å².